The number of hydrogen-bond acceptors (Lipinski definition) is 5. The summed E-state index contributed by atoms with van der Waals surface area (Å²) in [6.45, 7) is 4.28. The molecule has 1 saturated heterocycles. The van der Waals surface area contributed by atoms with Crippen molar-refractivity contribution in [3.05, 3.63) is 22.9 Å². The predicted molar refractivity (Wildman–Crippen MR) is 76.4 cm³/mol. The zero-order valence-electron chi connectivity index (χ0n) is 11.7. The van der Waals surface area contributed by atoms with Crippen LogP contribution in [0.1, 0.15) is 30.2 Å². The molecule has 0 aromatic carbocycles. The van der Waals surface area contributed by atoms with Gasteiger partial charge in [0, 0.05) is 18.8 Å². The molecular formula is C14H20N4O2. The number of rotatable bonds is 2. The number of oxime groups is 1. The van der Waals surface area contributed by atoms with Crippen molar-refractivity contribution in [1.29, 1.82) is 0 Å². The van der Waals surface area contributed by atoms with Crippen LogP contribution in [0.5, 0.6) is 0 Å². The van der Waals surface area contributed by atoms with Crippen molar-refractivity contribution in [2.45, 2.75) is 32.3 Å². The lowest BCUT2D eigenvalue weighted by atomic mass is 10.1. The highest BCUT2D eigenvalue weighted by molar-refractivity contribution is 6.01. The minimum Gasteiger partial charge on any atom is -0.409 e. The normalized spacial score (nSPS) is 22.9. The van der Waals surface area contributed by atoms with Gasteiger partial charge in [0.15, 0.2) is 5.84 Å². The summed E-state index contributed by atoms with van der Waals surface area (Å²) in [6, 6.07) is 2.03. The van der Waals surface area contributed by atoms with Crippen LogP contribution in [0.2, 0.25) is 0 Å². The third-order valence-electron chi connectivity index (χ3n) is 3.95. The van der Waals surface area contributed by atoms with Crippen LogP contribution >= 0.6 is 0 Å². The fourth-order valence-electron chi connectivity index (χ4n) is 2.96. The molecule has 3 N–H and O–H groups in total. The van der Waals surface area contributed by atoms with Crippen LogP contribution in [0.15, 0.2) is 11.2 Å². The van der Waals surface area contributed by atoms with Crippen molar-refractivity contribution in [2.75, 3.05) is 24.6 Å². The Kier molecular flexibility index (Phi) is 3.48. The lowest BCUT2D eigenvalue weighted by Gasteiger charge is -2.33. The van der Waals surface area contributed by atoms with Crippen LogP contribution < -0.4 is 10.6 Å². The molecule has 108 valence electrons. The van der Waals surface area contributed by atoms with E-state index in [1.165, 1.54) is 5.56 Å². The molecule has 1 atom stereocenters. The van der Waals surface area contributed by atoms with Gasteiger partial charge in [0.2, 0.25) is 0 Å². The average Bonchev–Trinajstić information content (AvgIpc) is 2.92. The van der Waals surface area contributed by atoms with Crippen LogP contribution in [0.25, 0.3) is 0 Å². The average molecular weight is 276 g/mol. The van der Waals surface area contributed by atoms with Gasteiger partial charge in [0.25, 0.3) is 0 Å². The first-order valence-electron chi connectivity index (χ1n) is 7.06. The van der Waals surface area contributed by atoms with Gasteiger partial charge in [-0.3, -0.25) is 0 Å². The van der Waals surface area contributed by atoms with Crippen LogP contribution in [0.3, 0.4) is 0 Å². The summed E-state index contributed by atoms with van der Waals surface area (Å²) < 4.78 is 5.57. The van der Waals surface area contributed by atoms with E-state index >= 15 is 0 Å². The Morgan fingerprint density at radius 3 is 3.15 bits per heavy atom. The Morgan fingerprint density at radius 2 is 2.40 bits per heavy atom. The second-order valence-electron chi connectivity index (χ2n) is 5.43. The summed E-state index contributed by atoms with van der Waals surface area (Å²) in [7, 11) is 0. The van der Waals surface area contributed by atoms with Crippen molar-refractivity contribution in [3.63, 3.8) is 0 Å². The van der Waals surface area contributed by atoms with Gasteiger partial charge in [-0.15, -0.1) is 0 Å². The quantitative estimate of drug-likeness (QED) is 0.363. The lowest BCUT2D eigenvalue weighted by molar-refractivity contribution is 0.0529. The van der Waals surface area contributed by atoms with E-state index < -0.39 is 0 Å². The summed E-state index contributed by atoms with van der Waals surface area (Å²) in [4.78, 5) is 6.95. The molecule has 0 bridgehead atoms. The van der Waals surface area contributed by atoms with E-state index in [4.69, 9.17) is 20.7 Å². The van der Waals surface area contributed by atoms with Crippen LogP contribution in [0.4, 0.5) is 5.82 Å². The zero-order chi connectivity index (χ0) is 14.1. The maximum Gasteiger partial charge on any atom is 0.173 e. The monoisotopic (exact) mass is 276 g/mol. The summed E-state index contributed by atoms with van der Waals surface area (Å²) in [5.41, 5.74) is 8.92. The second kappa shape index (κ2) is 5.28. The third kappa shape index (κ3) is 2.31. The molecule has 2 heterocycles. The Morgan fingerprint density at radius 1 is 1.55 bits per heavy atom. The molecular weight excluding hydrogens is 256 g/mol. The van der Waals surface area contributed by atoms with Gasteiger partial charge in [-0.25, -0.2) is 4.98 Å². The van der Waals surface area contributed by atoms with E-state index in [0.717, 1.165) is 49.4 Å². The molecule has 0 saturated carbocycles. The van der Waals surface area contributed by atoms with Crippen molar-refractivity contribution < 1.29 is 9.94 Å². The van der Waals surface area contributed by atoms with Gasteiger partial charge in [0.05, 0.1) is 18.3 Å². The molecule has 0 spiro atoms. The number of anilines is 1. The fourth-order valence-corrected chi connectivity index (χ4v) is 2.96. The first-order valence-corrected chi connectivity index (χ1v) is 7.06. The molecule has 1 aliphatic carbocycles. The largest absolute Gasteiger partial charge is 0.409 e. The summed E-state index contributed by atoms with van der Waals surface area (Å²) >= 11 is 0. The number of amidine groups is 1. The number of ether oxygens (including phenoxy) is 1. The molecule has 1 aromatic heterocycles. The SMILES string of the molecule is CC1CN(c2nc3c(cc2C(N)=NO)CCC3)CCO1. The van der Waals surface area contributed by atoms with Gasteiger partial charge in [0.1, 0.15) is 5.82 Å². The maximum absolute atomic E-state index is 9.00. The zero-order valence-corrected chi connectivity index (χ0v) is 11.7. The molecule has 2 aliphatic rings. The Hall–Kier alpha value is -1.82. The number of aromatic nitrogens is 1. The van der Waals surface area contributed by atoms with E-state index in [2.05, 4.69) is 10.1 Å². The Bertz CT molecular complexity index is 544. The van der Waals surface area contributed by atoms with Gasteiger partial charge in [-0.05, 0) is 37.8 Å². The van der Waals surface area contributed by atoms with Gasteiger partial charge >= 0.3 is 0 Å². The molecule has 0 radical (unpaired) electrons. The van der Waals surface area contributed by atoms with Crippen LogP contribution in [-0.4, -0.2) is 41.8 Å². The molecule has 6 heteroatoms. The van der Waals surface area contributed by atoms with E-state index in [1.807, 2.05) is 13.0 Å². The second-order valence-corrected chi connectivity index (χ2v) is 5.43. The number of pyridine rings is 1. The number of morpholine rings is 1. The van der Waals surface area contributed by atoms with E-state index in [9.17, 15) is 0 Å². The highest BCUT2D eigenvalue weighted by Crippen LogP contribution is 2.28. The van der Waals surface area contributed by atoms with E-state index in [1.54, 1.807) is 0 Å². The molecule has 1 unspecified atom stereocenters. The molecule has 0 amide bonds. The summed E-state index contributed by atoms with van der Waals surface area (Å²) in [5.74, 6) is 0.942. The number of nitrogens with two attached hydrogens (primary N) is 1. The predicted octanol–water partition coefficient (Wildman–Crippen LogP) is 0.890. The molecule has 1 aliphatic heterocycles. The minimum absolute atomic E-state index is 0.126. The first-order chi connectivity index (χ1) is 9.69. The topological polar surface area (TPSA) is 84.0 Å². The van der Waals surface area contributed by atoms with Crippen molar-refractivity contribution in [1.82, 2.24) is 4.98 Å². The number of fused-ring (bicyclic) bond motifs is 1. The number of hydrogen-bond donors (Lipinski definition) is 2. The van der Waals surface area contributed by atoms with Crippen LogP contribution in [0, 0.1) is 0 Å². The molecule has 1 aromatic rings. The summed E-state index contributed by atoms with van der Waals surface area (Å²) in [5, 5.41) is 12.2. The number of nitrogens with zero attached hydrogens (tertiary/aromatic N) is 3. The maximum atomic E-state index is 9.00. The highest BCUT2D eigenvalue weighted by atomic mass is 16.5. The smallest absolute Gasteiger partial charge is 0.173 e. The van der Waals surface area contributed by atoms with Crippen molar-refractivity contribution >= 4 is 11.7 Å². The van der Waals surface area contributed by atoms with Gasteiger partial charge in [-0.1, -0.05) is 5.16 Å². The standard InChI is InChI=1S/C14H20N4O2/c1-9-8-18(5-6-20-9)14-11(13(15)17-19)7-10-3-2-4-12(10)16-14/h7,9,19H,2-6,8H2,1H3,(H2,15,17). The van der Waals surface area contributed by atoms with Gasteiger partial charge < -0.3 is 20.6 Å². The van der Waals surface area contributed by atoms with E-state index in [-0.39, 0.29) is 11.9 Å². The highest BCUT2D eigenvalue weighted by Gasteiger charge is 2.25. The summed E-state index contributed by atoms with van der Waals surface area (Å²) in [6.07, 6.45) is 3.33. The minimum atomic E-state index is 0.126. The lowest BCUT2D eigenvalue weighted by Crippen LogP contribution is -2.42. The van der Waals surface area contributed by atoms with Crippen LogP contribution in [-0.2, 0) is 17.6 Å². The molecule has 3 rings (SSSR count). The molecule has 6 nitrogen and oxygen atoms in total. The first kappa shape index (κ1) is 13.2. The van der Waals surface area contributed by atoms with Gasteiger partial charge in [-0.2, -0.15) is 0 Å². The van der Waals surface area contributed by atoms with Crippen molar-refractivity contribution in [2.24, 2.45) is 10.9 Å². The van der Waals surface area contributed by atoms with Crippen molar-refractivity contribution in [3.8, 4) is 0 Å². The van der Waals surface area contributed by atoms with E-state index in [0.29, 0.717) is 6.61 Å². The Labute approximate surface area is 118 Å². The molecule has 20 heavy (non-hydrogen) atoms. The molecule has 1 fully saturated rings. The Balaban J connectivity index is 2.03. The number of aryl methyl sites for hydroxylation is 2. The fraction of sp³-hybridized carbons (Fsp3) is 0.571. The third-order valence-corrected chi connectivity index (χ3v) is 3.95.